The molecule has 0 atom stereocenters. The van der Waals surface area contributed by atoms with Gasteiger partial charge < -0.3 is 4.42 Å². The zero-order valence-electron chi connectivity index (χ0n) is 27.1. The van der Waals surface area contributed by atoms with Crippen molar-refractivity contribution in [3.63, 3.8) is 0 Å². The molecular formula is C47H30N2O. The van der Waals surface area contributed by atoms with Gasteiger partial charge in [-0.3, -0.25) is 0 Å². The molecular weight excluding hydrogens is 609 g/mol. The molecule has 2 aromatic heterocycles. The van der Waals surface area contributed by atoms with E-state index in [2.05, 4.69) is 146 Å². The summed E-state index contributed by atoms with van der Waals surface area (Å²) in [6, 6.07) is 64.2. The molecule has 0 N–H and O–H groups in total. The molecule has 0 bridgehead atoms. The van der Waals surface area contributed by atoms with E-state index in [-0.39, 0.29) is 0 Å². The SMILES string of the molecule is c1ccc(-c2cc(-c3cccc4oc5cc6c(cc5c34)-c3ccccc3C6(c3ccccc3)c3ccccc3)nc(-c3ccccc3)n2)cc1. The zero-order chi connectivity index (χ0) is 33.1. The van der Waals surface area contributed by atoms with Crippen LogP contribution in [0.5, 0.6) is 0 Å². The van der Waals surface area contributed by atoms with Crippen molar-refractivity contribution >= 4 is 21.9 Å². The maximum atomic E-state index is 6.79. The van der Waals surface area contributed by atoms with Gasteiger partial charge in [0, 0.05) is 27.5 Å². The Labute approximate surface area is 290 Å². The molecule has 7 aromatic carbocycles. The second-order valence-corrected chi connectivity index (χ2v) is 12.9. The third-order valence-electron chi connectivity index (χ3n) is 10.2. The fourth-order valence-corrected chi connectivity index (χ4v) is 8.03. The summed E-state index contributed by atoms with van der Waals surface area (Å²) in [7, 11) is 0. The molecule has 0 saturated carbocycles. The van der Waals surface area contributed by atoms with Gasteiger partial charge in [0.05, 0.1) is 16.8 Å². The van der Waals surface area contributed by atoms with Crippen molar-refractivity contribution in [2.45, 2.75) is 5.41 Å². The fourth-order valence-electron chi connectivity index (χ4n) is 8.03. The molecule has 2 heterocycles. The lowest BCUT2D eigenvalue weighted by Crippen LogP contribution is -2.28. The van der Waals surface area contributed by atoms with Crippen molar-refractivity contribution in [2.24, 2.45) is 0 Å². The minimum Gasteiger partial charge on any atom is -0.456 e. The lowest BCUT2D eigenvalue weighted by molar-refractivity contribution is 0.666. The molecule has 50 heavy (non-hydrogen) atoms. The molecule has 0 amide bonds. The summed E-state index contributed by atoms with van der Waals surface area (Å²) in [6.07, 6.45) is 0. The quantitative estimate of drug-likeness (QED) is 0.188. The van der Waals surface area contributed by atoms with Crippen LogP contribution in [-0.4, -0.2) is 9.97 Å². The highest BCUT2D eigenvalue weighted by Gasteiger charge is 2.46. The Bertz CT molecular complexity index is 2580. The van der Waals surface area contributed by atoms with Gasteiger partial charge in [-0.15, -0.1) is 0 Å². The smallest absolute Gasteiger partial charge is 0.160 e. The first-order chi connectivity index (χ1) is 24.8. The first-order valence-corrected chi connectivity index (χ1v) is 17.0. The average Bonchev–Trinajstić information content (AvgIpc) is 3.71. The van der Waals surface area contributed by atoms with Crippen LogP contribution in [0.2, 0.25) is 0 Å². The van der Waals surface area contributed by atoms with E-state index in [0.29, 0.717) is 5.82 Å². The molecule has 10 rings (SSSR count). The monoisotopic (exact) mass is 638 g/mol. The van der Waals surface area contributed by atoms with Gasteiger partial charge in [-0.25, -0.2) is 9.97 Å². The molecule has 234 valence electrons. The number of fused-ring (bicyclic) bond motifs is 6. The maximum Gasteiger partial charge on any atom is 0.160 e. The number of hydrogen-bond acceptors (Lipinski definition) is 3. The lowest BCUT2D eigenvalue weighted by Gasteiger charge is -2.33. The van der Waals surface area contributed by atoms with Gasteiger partial charge in [0.25, 0.3) is 0 Å². The van der Waals surface area contributed by atoms with E-state index in [9.17, 15) is 0 Å². The Morgan fingerprint density at radius 1 is 0.400 bits per heavy atom. The van der Waals surface area contributed by atoms with E-state index in [1.807, 2.05) is 36.4 Å². The van der Waals surface area contributed by atoms with Crippen LogP contribution in [0, 0.1) is 0 Å². The normalized spacial score (nSPS) is 13.0. The first kappa shape index (κ1) is 28.4. The molecule has 0 fully saturated rings. The van der Waals surface area contributed by atoms with Crippen molar-refractivity contribution in [1.82, 2.24) is 9.97 Å². The number of rotatable bonds is 5. The Balaban J connectivity index is 1.26. The Kier molecular flexibility index (Phi) is 6.40. The van der Waals surface area contributed by atoms with E-state index in [1.54, 1.807) is 0 Å². The fraction of sp³-hybridized carbons (Fsp3) is 0.0213. The molecule has 0 aliphatic heterocycles. The first-order valence-electron chi connectivity index (χ1n) is 17.0. The Morgan fingerprint density at radius 2 is 0.980 bits per heavy atom. The molecule has 3 heteroatoms. The summed E-state index contributed by atoms with van der Waals surface area (Å²) in [6.45, 7) is 0. The summed E-state index contributed by atoms with van der Waals surface area (Å²) >= 11 is 0. The van der Waals surface area contributed by atoms with Crippen LogP contribution in [0.1, 0.15) is 22.3 Å². The van der Waals surface area contributed by atoms with Crippen LogP contribution in [0.4, 0.5) is 0 Å². The van der Waals surface area contributed by atoms with E-state index in [4.69, 9.17) is 14.4 Å². The number of benzene rings is 7. The lowest BCUT2D eigenvalue weighted by atomic mass is 9.67. The van der Waals surface area contributed by atoms with Crippen LogP contribution in [0.15, 0.2) is 186 Å². The van der Waals surface area contributed by atoms with Crippen molar-refractivity contribution in [3.05, 3.63) is 204 Å². The number of nitrogens with zero attached hydrogens (tertiary/aromatic N) is 2. The van der Waals surface area contributed by atoms with Crippen LogP contribution < -0.4 is 0 Å². The third-order valence-corrected chi connectivity index (χ3v) is 10.2. The summed E-state index contributed by atoms with van der Waals surface area (Å²) < 4.78 is 6.79. The summed E-state index contributed by atoms with van der Waals surface area (Å²) in [5.41, 5.74) is 13.4. The highest BCUT2D eigenvalue weighted by Crippen LogP contribution is 2.57. The maximum absolute atomic E-state index is 6.79. The number of hydrogen-bond donors (Lipinski definition) is 0. The van der Waals surface area contributed by atoms with E-state index >= 15 is 0 Å². The Morgan fingerprint density at radius 3 is 1.68 bits per heavy atom. The minimum atomic E-state index is -0.494. The molecule has 0 saturated heterocycles. The van der Waals surface area contributed by atoms with Crippen LogP contribution in [0.25, 0.3) is 67.0 Å². The molecule has 0 radical (unpaired) electrons. The van der Waals surface area contributed by atoms with Gasteiger partial charge in [0.1, 0.15) is 11.2 Å². The predicted octanol–water partition coefficient (Wildman–Crippen LogP) is 11.7. The summed E-state index contributed by atoms with van der Waals surface area (Å²) in [5.74, 6) is 0.692. The van der Waals surface area contributed by atoms with Gasteiger partial charge in [-0.05, 0) is 57.6 Å². The van der Waals surface area contributed by atoms with Crippen molar-refractivity contribution in [3.8, 4) is 45.0 Å². The van der Waals surface area contributed by atoms with Gasteiger partial charge in [0.15, 0.2) is 5.82 Å². The number of furan rings is 1. The van der Waals surface area contributed by atoms with Crippen LogP contribution in [-0.2, 0) is 5.41 Å². The highest BCUT2D eigenvalue weighted by atomic mass is 16.3. The Hall–Kier alpha value is -6.58. The van der Waals surface area contributed by atoms with E-state index < -0.39 is 5.41 Å². The van der Waals surface area contributed by atoms with Crippen molar-refractivity contribution in [2.75, 3.05) is 0 Å². The molecule has 1 aliphatic carbocycles. The van der Waals surface area contributed by atoms with Gasteiger partial charge in [-0.1, -0.05) is 158 Å². The largest absolute Gasteiger partial charge is 0.456 e. The van der Waals surface area contributed by atoms with Crippen LogP contribution in [0.3, 0.4) is 0 Å². The van der Waals surface area contributed by atoms with E-state index in [0.717, 1.165) is 50.0 Å². The molecule has 9 aromatic rings. The second kappa shape index (κ2) is 11.3. The summed E-state index contributed by atoms with van der Waals surface area (Å²) in [4.78, 5) is 10.2. The van der Waals surface area contributed by atoms with E-state index in [1.165, 1.54) is 33.4 Å². The molecule has 0 spiro atoms. The molecule has 0 unspecified atom stereocenters. The van der Waals surface area contributed by atoms with Gasteiger partial charge in [-0.2, -0.15) is 0 Å². The molecule has 1 aliphatic rings. The minimum absolute atomic E-state index is 0.494. The van der Waals surface area contributed by atoms with Crippen molar-refractivity contribution < 1.29 is 4.42 Å². The average molecular weight is 639 g/mol. The van der Waals surface area contributed by atoms with Gasteiger partial charge in [0.2, 0.25) is 0 Å². The third kappa shape index (κ3) is 4.23. The van der Waals surface area contributed by atoms with Crippen LogP contribution >= 0.6 is 0 Å². The number of aromatic nitrogens is 2. The zero-order valence-corrected chi connectivity index (χ0v) is 27.1. The van der Waals surface area contributed by atoms with Gasteiger partial charge >= 0.3 is 0 Å². The van der Waals surface area contributed by atoms with Crippen molar-refractivity contribution in [1.29, 1.82) is 0 Å². The summed E-state index contributed by atoms with van der Waals surface area (Å²) in [5, 5.41) is 2.12. The topological polar surface area (TPSA) is 38.9 Å². The predicted molar refractivity (Wildman–Crippen MR) is 203 cm³/mol. The molecule has 3 nitrogen and oxygen atoms in total. The standard InChI is InChI=1S/C47H30N2O/c1-5-16-31(17-6-1)41-30-42(49-46(48-41)32-18-7-2-8-19-32)36-25-15-27-43-45(36)38-28-37-35-24-13-14-26-39(35)47(33-20-9-3-10-21-33,34-22-11-4-12-23-34)40(37)29-44(38)50-43/h1-30H. The second-order valence-electron chi connectivity index (χ2n) is 12.9. The highest BCUT2D eigenvalue weighted by molar-refractivity contribution is 6.14.